The van der Waals surface area contributed by atoms with E-state index in [0.29, 0.717) is 0 Å². The van der Waals surface area contributed by atoms with Crippen LogP contribution in [0.15, 0.2) is 18.2 Å². The summed E-state index contributed by atoms with van der Waals surface area (Å²) in [6, 6.07) is 4.50. The number of carboxylic acid groups (broad SMARTS) is 1. The van der Waals surface area contributed by atoms with Gasteiger partial charge in [0.15, 0.2) is 12.4 Å². The Balaban J connectivity index is 2.02. The zero-order valence-corrected chi connectivity index (χ0v) is 11.9. The van der Waals surface area contributed by atoms with Crippen molar-refractivity contribution in [3.63, 3.8) is 0 Å². The fourth-order valence-corrected chi connectivity index (χ4v) is 2.43. The number of benzene rings is 1. The highest BCUT2D eigenvalue weighted by atomic mass is 16.5. The lowest BCUT2D eigenvalue weighted by atomic mass is 10.2. The van der Waals surface area contributed by atoms with Gasteiger partial charge in [-0.3, -0.25) is 4.79 Å². The van der Waals surface area contributed by atoms with Crippen LogP contribution in [-0.4, -0.2) is 41.6 Å². The Kier molecular flexibility index (Phi) is 5.03. The van der Waals surface area contributed by atoms with Crippen LogP contribution < -0.4 is 10.5 Å². The topological polar surface area (TPSA) is 92.9 Å². The van der Waals surface area contributed by atoms with E-state index in [1.54, 1.807) is 17.0 Å². The molecule has 0 aromatic heterocycles. The lowest BCUT2D eigenvalue weighted by Gasteiger charge is -2.21. The van der Waals surface area contributed by atoms with Crippen molar-refractivity contribution in [2.45, 2.75) is 25.7 Å². The second-order valence-corrected chi connectivity index (χ2v) is 5.11. The Labute approximate surface area is 123 Å². The van der Waals surface area contributed by atoms with E-state index in [4.69, 9.17) is 15.6 Å². The molecule has 114 valence electrons. The van der Waals surface area contributed by atoms with E-state index in [-0.39, 0.29) is 29.5 Å². The molecule has 6 heteroatoms. The van der Waals surface area contributed by atoms with Crippen LogP contribution in [0.2, 0.25) is 0 Å². The number of nitrogens with zero attached hydrogens (tertiary/aromatic N) is 1. The summed E-state index contributed by atoms with van der Waals surface area (Å²) in [4.78, 5) is 25.0. The van der Waals surface area contributed by atoms with Gasteiger partial charge >= 0.3 is 5.97 Å². The Hall–Kier alpha value is -2.24. The van der Waals surface area contributed by atoms with Gasteiger partial charge in [0.25, 0.3) is 5.91 Å². The highest BCUT2D eigenvalue weighted by Gasteiger charge is 2.19. The number of anilines is 1. The predicted octanol–water partition coefficient (Wildman–Crippen LogP) is 1.75. The van der Waals surface area contributed by atoms with Crippen LogP contribution >= 0.6 is 0 Å². The van der Waals surface area contributed by atoms with Gasteiger partial charge in [-0.2, -0.15) is 0 Å². The maximum absolute atomic E-state index is 12.1. The van der Waals surface area contributed by atoms with Crippen molar-refractivity contribution in [3.8, 4) is 5.75 Å². The maximum atomic E-state index is 12.1. The van der Waals surface area contributed by atoms with Crippen LogP contribution in [0.5, 0.6) is 5.75 Å². The van der Waals surface area contributed by atoms with Crippen molar-refractivity contribution in [1.82, 2.24) is 4.90 Å². The summed E-state index contributed by atoms with van der Waals surface area (Å²) in [5.41, 5.74) is 5.93. The van der Waals surface area contributed by atoms with Crippen molar-refractivity contribution in [2.24, 2.45) is 0 Å². The minimum atomic E-state index is -1.13. The van der Waals surface area contributed by atoms with Crippen LogP contribution in [0.25, 0.3) is 0 Å². The van der Waals surface area contributed by atoms with E-state index in [1.807, 2.05) is 0 Å². The van der Waals surface area contributed by atoms with E-state index in [2.05, 4.69) is 0 Å². The Morgan fingerprint density at radius 1 is 1.19 bits per heavy atom. The lowest BCUT2D eigenvalue weighted by molar-refractivity contribution is -0.133. The molecule has 0 bridgehead atoms. The third-order valence-corrected chi connectivity index (χ3v) is 3.57. The molecule has 0 spiro atoms. The van der Waals surface area contributed by atoms with Gasteiger partial charge in [-0.1, -0.05) is 18.9 Å². The predicted molar refractivity (Wildman–Crippen MR) is 78.4 cm³/mol. The first-order chi connectivity index (χ1) is 10.1. The Morgan fingerprint density at radius 2 is 1.86 bits per heavy atom. The van der Waals surface area contributed by atoms with E-state index in [9.17, 15) is 9.59 Å². The van der Waals surface area contributed by atoms with Crippen LogP contribution in [-0.2, 0) is 4.79 Å². The number of rotatable bonds is 4. The molecule has 0 atom stereocenters. The number of hydrogen-bond acceptors (Lipinski definition) is 4. The molecule has 1 aromatic rings. The fraction of sp³-hybridized carbons (Fsp3) is 0.467. The van der Waals surface area contributed by atoms with E-state index in [1.165, 1.54) is 6.07 Å². The molecular weight excluding hydrogens is 272 g/mol. The number of para-hydroxylation sites is 1. The summed E-state index contributed by atoms with van der Waals surface area (Å²) >= 11 is 0. The summed E-state index contributed by atoms with van der Waals surface area (Å²) in [7, 11) is 0. The standard InChI is InChI=1S/C15H20N2O4/c16-12-7-5-6-11(15(19)20)14(12)21-10-13(18)17-8-3-1-2-4-9-17/h5-7H,1-4,8-10,16H2,(H,19,20). The molecule has 2 rings (SSSR count). The second kappa shape index (κ2) is 6.97. The smallest absolute Gasteiger partial charge is 0.339 e. The number of likely N-dealkylation sites (tertiary alicyclic amines) is 1. The third kappa shape index (κ3) is 3.87. The molecule has 1 fully saturated rings. The van der Waals surface area contributed by atoms with Crippen molar-refractivity contribution in [3.05, 3.63) is 23.8 Å². The van der Waals surface area contributed by atoms with Crippen LogP contribution in [0.4, 0.5) is 5.69 Å². The number of nitrogen functional groups attached to an aromatic ring is 1. The normalized spacial score (nSPS) is 15.3. The summed E-state index contributed by atoms with van der Waals surface area (Å²) in [6.45, 7) is 1.28. The first-order valence-electron chi connectivity index (χ1n) is 7.12. The first-order valence-corrected chi connectivity index (χ1v) is 7.12. The lowest BCUT2D eigenvalue weighted by Crippen LogP contribution is -2.35. The largest absolute Gasteiger partial charge is 0.481 e. The van der Waals surface area contributed by atoms with Gasteiger partial charge in [0.2, 0.25) is 0 Å². The monoisotopic (exact) mass is 292 g/mol. The SMILES string of the molecule is Nc1cccc(C(=O)O)c1OCC(=O)N1CCCCCC1. The number of carbonyl (C=O) groups excluding carboxylic acids is 1. The molecular formula is C15H20N2O4. The van der Waals surface area contributed by atoms with Gasteiger partial charge in [-0.25, -0.2) is 4.79 Å². The van der Waals surface area contributed by atoms with Crippen LogP contribution in [0.3, 0.4) is 0 Å². The molecule has 1 aliphatic rings. The van der Waals surface area contributed by atoms with Crippen molar-refractivity contribution >= 4 is 17.6 Å². The highest BCUT2D eigenvalue weighted by molar-refractivity contribution is 5.93. The molecule has 1 amide bonds. The number of ether oxygens (including phenoxy) is 1. The number of carbonyl (C=O) groups is 2. The number of amides is 1. The van der Waals surface area contributed by atoms with Gasteiger partial charge in [0.05, 0.1) is 5.69 Å². The van der Waals surface area contributed by atoms with Crippen molar-refractivity contribution < 1.29 is 19.4 Å². The van der Waals surface area contributed by atoms with Gasteiger partial charge in [-0.15, -0.1) is 0 Å². The van der Waals surface area contributed by atoms with Crippen LogP contribution in [0, 0.1) is 0 Å². The second-order valence-electron chi connectivity index (χ2n) is 5.11. The van der Waals surface area contributed by atoms with E-state index >= 15 is 0 Å². The average molecular weight is 292 g/mol. The van der Waals surface area contributed by atoms with Gasteiger partial charge in [-0.05, 0) is 25.0 Å². The molecule has 0 saturated carbocycles. The van der Waals surface area contributed by atoms with E-state index < -0.39 is 5.97 Å². The highest BCUT2D eigenvalue weighted by Crippen LogP contribution is 2.26. The minimum absolute atomic E-state index is 0.0290. The zero-order chi connectivity index (χ0) is 15.2. The average Bonchev–Trinajstić information content (AvgIpc) is 2.74. The number of aromatic carboxylic acids is 1. The first kappa shape index (κ1) is 15.2. The molecule has 6 nitrogen and oxygen atoms in total. The Bertz CT molecular complexity index is 522. The zero-order valence-electron chi connectivity index (χ0n) is 11.9. The van der Waals surface area contributed by atoms with E-state index in [0.717, 1.165) is 38.8 Å². The van der Waals surface area contributed by atoms with Crippen molar-refractivity contribution in [2.75, 3.05) is 25.4 Å². The molecule has 1 saturated heterocycles. The summed E-state index contributed by atoms with van der Waals surface area (Å²) in [6.07, 6.45) is 4.28. The number of hydrogen-bond donors (Lipinski definition) is 2. The molecule has 3 N–H and O–H groups in total. The molecule has 0 radical (unpaired) electrons. The molecule has 1 aromatic carbocycles. The fourth-order valence-electron chi connectivity index (χ4n) is 2.43. The minimum Gasteiger partial charge on any atom is -0.481 e. The molecule has 21 heavy (non-hydrogen) atoms. The summed E-state index contributed by atoms with van der Waals surface area (Å²) < 4.78 is 5.39. The van der Waals surface area contributed by atoms with Gasteiger partial charge in [0.1, 0.15) is 5.56 Å². The molecule has 0 unspecified atom stereocenters. The molecule has 1 heterocycles. The maximum Gasteiger partial charge on any atom is 0.339 e. The van der Waals surface area contributed by atoms with Gasteiger partial charge in [0, 0.05) is 13.1 Å². The number of carboxylic acids is 1. The summed E-state index contributed by atoms with van der Waals surface area (Å²) in [5.74, 6) is -1.19. The summed E-state index contributed by atoms with van der Waals surface area (Å²) in [5, 5.41) is 9.11. The van der Waals surface area contributed by atoms with Crippen LogP contribution in [0.1, 0.15) is 36.0 Å². The quantitative estimate of drug-likeness (QED) is 0.825. The van der Waals surface area contributed by atoms with Crippen molar-refractivity contribution in [1.29, 1.82) is 0 Å². The Morgan fingerprint density at radius 3 is 2.48 bits per heavy atom. The van der Waals surface area contributed by atoms with Gasteiger partial charge < -0.3 is 20.5 Å². The third-order valence-electron chi connectivity index (χ3n) is 3.57. The number of nitrogens with two attached hydrogens (primary N) is 1. The molecule has 0 aliphatic carbocycles. The molecule has 1 aliphatic heterocycles.